The molecule has 0 N–H and O–H groups in total. The number of unbranched alkanes of at least 4 members (excludes halogenated alkanes) is 1. The van der Waals surface area contributed by atoms with Gasteiger partial charge in [-0.15, -0.1) is 0 Å². The normalized spacial score (nSPS) is 14.5. The molecular formula is C25H32N4O2. The predicted octanol–water partition coefficient (Wildman–Crippen LogP) is 3.92. The maximum atomic E-state index is 5.99. The quantitative estimate of drug-likeness (QED) is 0.465. The van der Waals surface area contributed by atoms with E-state index in [0.717, 1.165) is 70.2 Å². The molecule has 31 heavy (non-hydrogen) atoms. The van der Waals surface area contributed by atoms with Gasteiger partial charge in [0.15, 0.2) is 0 Å². The molecule has 1 saturated heterocycles. The topological polar surface area (TPSA) is 42.8 Å². The average Bonchev–Trinajstić information content (AvgIpc) is 3.32. The summed E-state index contributed by atoms with van der Waals surface area (Å²) in [5.41, 5.74) is 2.43. The van der Waals surface area contributed by atoms with Gasteiger partial charge < -0.3 is 18.9 Å². The molecule has 2 heterocycles. The van der Waals surface area contributed by atoms with Gasteiger partial charge in [-0.3, -0.25) is 4.90 Å². The van der Waals surface area contributed by atoms with E-state index in [1.807, 2.05) is 30.7 Å². The van der Waals surface area contributed by atoms with Crippen molar-refractivity contribution >= 4 is 5.69 Å². The van der Waals surface area contributed by atoms with E-state index in [4.69, 9.17) is 9.47 Å². The first-order chi connectivity index (χ1) is 15.3. The van der Waals surface area contributed by atoms with Crippen LogP contribution in [0.3, 0.4) is 0 Å². The van der Waals surface area contributed by atoms with Gasteiger partial charge in [-0.1, -0.05) is 24.3 Å². The van der Waals surface area contributed by atoms with Crippen molar-refractivity contribution in [2.24, 2.45) is 0 Å². The Kier molecular flexibility index (Phi) is 7.45. The van der Waals surface area contributed by atoms with Crippen LogP contribution in [-0.4, -0.2) is 60.9 Å². The van der Waals surface area contributed by atoms with Crippen LogP contribution in [0.1, 0.15) is 18.4 Å². The number of hydrogen-bond donors (Lipinski definition) is 0. The van der Waals surface area contributed by atoms with Crippen molar-refractivity contribution in [2.75, 3.05) is 51.3 Å². The maximum absolute atomic E-state index is 5.99. The van der Waals surface area contributed by atoms with Gasteiger partial charge in [-0.2, -0.15) is 0 Å². The lowest BCUT2D eigenvalue weighted by Gasteiger charge is -2.36. The Morgan fingerprint density at radius 2 is 1.84 bits per heavy atom. The van der Waals surface area contributed by atoms with Gasteiger partial charge in [0.1, 0.15) is 11.5 Å². The summed E-state index contributed by atoms with van der Waals surface area (Å²) in [5.74, 6) is 1.91. The smallest absolute Gasteiger partial charge is 0.142 e. The summed E-state index contributed by atoms with van der Waals surface area (Å²) in [6.07, 6.45) is 7.84. The Labute approximate surface area is 185 Å². The summed E-state index contributed by atoms with van der Waals surface area (Å²) < 4.78 is 13.6. The van der Waals surface area contributed by atoms with Gasteiger partial charge >= 0.3 is 0 Å². The molecule has 0 aliphatic carbocycles. The van der Waals surface area contributed by atoms with Gasteiger partial charge in [0, 0.05) is 45.1 Å². The minimum atomic E-state index is 0.760. The molecule has 4 rings (SSSR count). The van der Waals surface area contributed by atoms with E-state index in [-0.39, 0.29) is 0 Å². The van der Waals surface area contributed by atoms with Gasteiger partial charge in [0.25, 0.3) is 0 Å². The molecule has 0 saturated carbocycles. The SMILES string of the molecule is COc1ccccc1N1CCN(CCCCOc2cccc(Cn3ccnc3)c2)CC1. The molecule has 6 nitrogen and oxygen atoms in total. The van der Waals surface area contributed by atoms with Crippen LogP contribution >= 0.6 is 0 Å². The van der Waals surface area contributed by atoms with E-state index >= 15 is 0 Å². The van der Waals surface area contributed by atoms with E-state index in [1.165, 1.54) is 11.3 Å². The van der Waals surface area contributed by atoms with E-state index in [9.17, 15) is 0 Å². The van der Waals surface area contributed by atoms with Crippen molar-refractivity contribution in [1.29, 1.82) is 0 Å². The fourth-order valence-corrected chi connectivity index (χ4v) is 4.06. The summed E-state index contributed by atoms with van der Waals surface area (Å²) in [6, 6.07) is 16.6. The lowest BCUT2D eigenvalue weighted by atomic mass is 10.2. The molecule has 0 atom stereocenters. The van der Waals surface area contributed by atoms with Crippen LogP contribution in [0.2, 0.25) is 0 Å². The van der Waals surface area contributed by atoms with Crippen molar-refractivity contribution in [2.45, 2.75) is 19.4 Å². The number of imidazole rings is 1. The lowest BCUT2D eigenvalue weighted by Crippen LogP contribution is -2.46. The summed E-state index contributed by atoms with van der Waals surface area (Å²) in [6.45, 7) is 6.98. The molecule has 0 radical (unpaired) electrons. The standard InChI is InChI=1S/C25H32N4O2/c1-30-25-10-3-2-9-24(25)29-16-14-27(15-17-29)12-4-5-18-31-23-8-6-7-22(19-23)20-28-13-11-26-21-28/h2-3,6-11,13,19,21H,4-5,12,14-18,20H2,1H3. The third kappa shape index (κ3) is 6.01. The van der Waals surface area contributed by atoms with Gasteiger partial charge in [0.05, 0.1) is 25.7 Å². The monoisotopic (exact) mass is 420 g/mol. The molecule has 3 aromatic rings. The number of piperazine rings is 1. The Morgan fingerprint density at radius 1 is 0.968 bits per heavy atom. The Hall–Kier alpha value is -2.99. The van der Waals surface area contributed by atoms with E-state index in [1.54, 1.807) is 13.3 Å². The van der Waals surface area contributed by atoms with Crippen LogP contribution in [0, 0.1) is 0 Å². The molecule has 164 valence electrons. The summed E-state index contributed by atoms with van der Waals surface area (Å²) >= 11 is 0. The lowest BCUT2D eigenvalue weighted by molar-refractivity contribution is 0.238. The molecule has 1 aliphatic heterocycles. The number of rotatable bonds is 10. The largest absolute Gasteiger partial charge is 0.495 e. The van der Waals surface area contributed by atoms with Crippen molar-refractivity contribution in [3.05, 3.63) is 72.8 Å². The Morgan fingerprint density at radius 3 is 2.65 bits per heavy atom. The number of ether oxygens (including phenoxy) is 2. The molecule has 0 spiro atoms. The molecule has 0 unspecified atom stereocenters. The predicted molar refractivity (Wildman–Crippen MR) is 124 cm³/mol. The highest BCUT2D eigenvalue weighted by Gasteiger charge is 2.19. The first-order valence-electron chi connectivity index (χ1n) is 11.1. The van der Waals surface area contributed by atoms with Gasteiger partial charge in [-0.05, 0) is 49.2 Å². The van der Waals surface area contributed by atoms with Crippen molar-refractivity contribution in [3.8, 4) is 11.5 Å². The number of para-hydroxylation sites is 2. The number of hydrogen-bond acceptors (Lipinski definition) is 5. The number of nitrogens with zero attached hydrogens (tertiary/aromatic N) is 4. The highest BCUT2D eigenvalue weighted by Crippen LogP contribution is 2.28. The second-order valence-corrected chi connectivity index (χ2v) is 7.94. The van der Waals surface area contributed by atoms with Gasteiger partial charge in [0.2, 0.25) is 0 Å². The highest BCUT2D eigenvalue weighted by molar-refractivity contribution is 5.58. The molecule has 1 aromatic heterocycles. The zero-order valence-corrected chi connectivity index (χ0v) is 18.3. The first-order valence-corrected chi connectivity index (χ1v) is 11.1. The van der Waals surface area contributed by atoms with Crippen molar-refractivity contribution in [1.82, 2.24) is 14.5 Å². The Bertz CT molecular complexity index is 921. The maximum Gasteiger partial charge on any atom is 0.142 e. The summed E-state index contributed by atoms with van der Waals surface area (Å²) in [7, 11) is 1.74. The van der Waals surface area contributed by atoms with Crippen LogP contribution in [-0.2, 0) is 6.54 Å². The van der Waals surface area contributed by atoms with Crippen LogP contribution in [0.15, 0.2) is 67.3 Å². The minimum Gasteiger partial charge on any atom is -0.495 e. The fourth-order valence-electron chi connectivity index (χ4n) is 4.06. The molecule has 1 aliphatic rings. The summed E-state index contributed by atoms with van der Waals surface area (Å²) in [4.78, 5) is 9.08. The molecule has 0 amide bonds. The second kappa shape index (κ2) is 10.9. The van der Waals surface area contributed by atoms with Crippen LogP contribution < -0.4 is 14.4 Å². The fraction of sp³-hybridized carbons (Fsp3) is 0.400. The number of aromatic nitrogens is 2. The van der Waals surface area contributed by atoms with Crippen LogP contribution in [0.5, 0.6) is 11.5 Å². The van der Waals surface area contributed by atoms with Crippen LogP contribution in [0.25, 0.3) is 0 Å². The van der Waals surface area contributed by atoms with E-state index in [0.29, 0.717) is 0 Å². The second-order valence-electron chi connectivity index (χ2n) is 7.94. The average molecular weight is 421 g/mol. The third-order valence-corrected chi connectivity index (χ3v) is 5.76. The molecule has 6 heteroatoms. The molecule has 0 bridgehead atoms. The zero-order valence-electron chi connectivity index (χ0n) is 18.3. The van der Waals surface area contributed by atoms with E-state index in [2.05, 4.69) is 49.7 Å². The van der Waals surface area contributed by atoms with Crippen LogP contribution in [0.4, 0.5) is 5.69 Å². The Balaban J connectivity index is 1.14. The first kappa shape index (κ1) is 21.2. The summed E-state index contributed by atoms with van der Waals surface area (Å²) in [5, 5.41) is 0. The highest BCUT2D eigenvalue weighted by atomic mass is 16.5. The van der Waals surface area contributed by atoms with Gasteiger partial charge in [-0.25, -0.2) is 4.98 Å². The molecular weight excluding hydrogens is 388 g/mol. The third-order valence-electron chi connectivity index (χ3n) is 5.76. The molecule has 2 aromatic carbocycles. The number of benzene rings is 2. The van der Waals surface area contributed by atoms with Crippen molar-refractivity contribution in [3.63, 3.8) is 0 Å². The zero-order chi connectivity index (χ0) is 21.3. The number of methoxy groups -OCH3 is 1. The van der Waals surface area contributed by atoms with Crippen molar-refractivity contribution < 1.29 is 9.47 Å². The minimum absolute atomic E-state index is 0.760. The molecule has 1 fully saturated rings. The number of anilines is 1. The van der Waals surface area contributed by atoms with E-state index < -0.39 is 0 Å².